The molecule has 3 aromatic rings. The Morgan fingerprint density at radius 1 is 1.14 bits per heavy atom. The van der Waals surface area contributed by atoms with Gasteiger partial charge in [0.1, 0.15) is 17.5 Å². The molecular formula is C26H26BrN3O5S. The van der Waals surface area contributed by atoms with E-state index < -0.39 is 12.0 Å². The van der Waals surface area contributed by atoms with Crippen molar-refractivity contribution in [2.24, 2.45) is 4.99 Å². The van der Waals surface area contributed by atoms with E-state index in [9.17, 15) is 9.59 Å². The highest BCUT2D eigenvalue weighted by Crippen LogP contribution is 2.37. The van der Waals surface area contributed by atoms with Gasteiger partial charge in [0.15, 0.2) is 4.80 Å². The Morgan fingerprint density at radius 2 is 1.89 bits per heavy atom. The number of nitrogens with zero attached hydrogens (tertiary/aromatic N) is 3. The van der Waals surface area contributed by atoms with Gasteiger partial charge >= 0.3 is 5.97 Å². The molecule has 0 spiro atoms. The van der Waals surface area contributed by atoms with Gasteiger partial charge in [0.05, 0.1) is 42.8 Å². The number of anilines is 1. The standard InChI is InChI=1S/C26H26BrN3O5S/c1-14-22(25(32)35-6)23(17-9-8-16(33-4)13-20(17)34-5)30-24(31)21(36-26(30)28-14)12-15-7-10-19(29(2)3)18(27)11-15/h7-13,23H,1-6H3/b21-12-/t23-/m0/s1. The van der Waals surface area contributed by atoms with Crippen molar-refractivity contribution in [3.8, 4) is 11.5 Å². The van der Waals surface area contributed by atoms with Gasteiger partial charge in [0.25, 0.3) is 5.56 Å². The Labute approximate surface area is 220 Å². The van der Waals surface area contributed by atoms with Crippen molar-refractivity contribution in [1.29, 1.82) is 0 Å². The summed E-state index contributed by atoms with van der Waals surface area (Å²) in [4.78, 5) is 33.8. The maximum atomic E-state index is 13.8. The van der Waals surface area contributed by atoms with Crippen LogP contribution < -0.4 is 29.3 Å². The van der Waals surface area contributed by atoms with Crippen molar-refractivity contribution in [3.05, 3.63) is 83.0 Å². The number of hydrogen-bond donors (Lipinski definition) is 0. The van der Waals surface area contributed by atoms with Crippen molar-refractivity contribution in [2.75, 3.05) is 40.3 Å². The van der Waals surface area contributed by atoms with Gasteiger partial charge in [-0.25, -0.2) is 9.79 Å². The third-order valence-corrected chi connectivity index (χ3v) is 7.53. The molecule has 0 saturated heterocycles. The van der Waals surface area contributed by atoms with Crippen LogP contribution in [0.1, 0.15) is 24.1 Å². The highest BCUT2D eigenvalue weighted by atomic mass is 79.9. The molecule has 2 heterocycles. The lowest BCUT2D eigenvalue weighted by Gasteiger charge is -2.25. The molecule has 0 aliphatic carbocycles. The van der Waals surface area contributed by atoms with Crippen molar-refractivity contribution >= 4 is 45.0 Å². The van der Waals surface area contributed by atoms with Crippen LogP contribution in [0.5, 0.6) is 11.5 Å². The summed E-state index contributed by atoms with van der Waals surface area (Å²) < 4.78 is 19.0. The van der Waals surface area contributed by atoms with Gasteiger partial charge in [-0.15, -0.1) is 0 Å². The van der Waals surface area contributed by atoms with Crippen molar-refractivity contribution < 1.29 is 19.0 Å². The first kappa shape index (κ1) is 25.7. The zero-order chi connectivity index (χ0) is 26.1. The Hall–Kier alpha value is -3.37. The molecule has 0 N–H and O–H groups in total. The summed E-state index contributed by atoms with van der Waals surface area (Å²) in [5.74, 6) is 0.514. The molecule has 8 nitrogen and oxygen atoms in total. The predicted molar refractivity (Wildman–Crippen MR) is 144 cm³/mol. The molecule has 36 heavy (non-hydrogen) atoms. The molecule has 1 atom stereocenters. The van der Waals surface area contributed by atoms with E-state index >= 15 is 0 Å². The fourth-order valence-electron chi connectivity index (χ4n) is 4.16. The first-order valence-electron chi connectivity index (χ1n) is 11.0. The average Bonchev–Trinajstić information content (AvgIpc) is 3.16. The smallest absolute Gasteiger partial charge is 0.338 e. The second-order valence-corrected chi connectivity index (χ2v) is 10.1. The predicted octanol–water partition coefficient (Wildman–Crippen LogP) is 3.25. The molecular weight excluding hydrogens is 546 g/mol. The molecule has 0 fully saturated rings. The molecule has 2 aromatic carbocycles. The zero-order valence-electron chi connectivity index (χ0n) is 20.8. The molecule has 1 aliphatic rings. The lowest BCUT2D eigenvalue weighted by atomic mass is 9.95. The number of aromatic nitrogens is 1. The lowest BCUT2D eigenvalue weighted by molar-refractivity contribution is -0.136. The van der Waals surface area contributed by atoms with E-state index in [2.05, 4.69) is 20.9 Å². The number of carbonyl (C=O) groups is 1. The summed E-state index contributed by atoms with van der Waals surface area (Å²) in [6.07, 6.45) is 1.83. The number of carbonyl (C=O) groups excluding carboxylic acids is 1. The number of allylic oxidation sites excluding steroid dienone is 1. The minimum atomic E-state index is -0.778. The Balaban J connectivity index is 1.96. The maximum absolute atomic E-state index is 13.8. The molecule has 0 amide bonds. The number of fused-ring (bicyclic) bond motifs is 1. The fraction of sp³-hybridized carbons (Fsp3) is 0.269. The van der Waals surface area contributed by atoms with Crippen LogP contribution in [0.25, 0.3) is 6.08 Å². The Bertz CT molecular complexity index is 1550. The summed E-state index contributed by atoms with van der Waals surface area (Å²) in [5, 5.41) is 0. The SMILES string of the molecule is COC(=O)C1=C(C)N=c2s/c(=C\c3ccc(N(C)C)c(Br)c3)c(=O)n2[C@H]1c1ccc(OC)cc1OC. The molecule has 4 rings (SSSR count). The number of halogens is 1. The van der Waals surface area contributed by atoms with Crippen LogP contribution in [-0.2, 0) is 9.53 Å². The van der Waals surface area contributed by atoms with Gasteiger partial charge in [-0.05, 0) is 58.8 Å². The monoisotopic (exact) mass is 571 g/mol. The average molecular weight is 572 g/mol. The van der Waals surface area contributed by atoms with Gasteiger partial charge in [-0.2, -0.15) is 0 Å². The van der Waals surface area contributed by atoms with E-state index in [0.717, 1.165) is 15.7 Å². The first-order chi connectivity index (χ1) is 17.2. The van der Waals surface area contributed by atoms with Crippen LogP contribution in [0.2, 0.25) is 0 Å². The van der Waals surface area contributed by atoms with Crippen LogP contribution in [0, 0.1) is 0 Å². The van der Waals surface area contributed by atoms with Crippen molar-refractivity contribution in [3.63, 3.8) is 0 Å². The third-order valence-electron chi connectivity index (χ3n) is 5.91. The van der Waals surface area contributed by atoms with Gasteiger partial charge in [-0.1, -0.05) is 17.4 Å². The van der Waals surface area contributed by atoms with E-state index in [0.29, 0.717) is 32.1 Å². The minimum absolute atomic E-state index is 0.261. The van der Waals surface area contributed by atoms with Crippen molar-refractivity contribution in [2.45, 2.75) is 13.0 Å². The summed E-state index contributed by atoms with van der Waals surface area (Å²) in [6.45, 7) is 1.74. The van der Waals surface area contributed by atoms with Crippen molar-refractivity contribution in [1.82, 2.24) is 4.57 Å². The molecule has 1 aromatic heterocycles. The van der Waals surface area contributed by atoms with E-state index in [-0.39, 0.29) is 11.1 Å². The largest absolute Gasteiger partial charge is 0.497 e. The number of ether oxygens (including phenoxy) is 3. The second kappa shape index (κ2) is 10.3. The zero-order valence-corrected chi connectivity index (χ0v) is 23.2. The van der Waals surface area contributed by atoms with Crippen LogP contribution in [0.3, 0.4) is 0 Å². The Kier molecular flexibility index (Phi) is 7.37. The number of rotatable bonds is 6. The van der Waals surface area contributed by atoms with Gasteiger partial charge in [-0.3, -0.25) is 9.36 Å². The van der Waals surface area contributed by atoms with Crippen LogP contribution in [0.4, 0.5) is 5.69 Å². The van der Waals surface area contributed by atoms with Crippen LogP contribution in [0.15, 0.2) is 61.9 Å². The second-order valence-electron chi connectivity index (χ2n) is 8.29. The topological polar surface area (TPSA) is 82.4 Å². The molecule has 10 heteroatoms. The lowest BCUT2D eigenvalue weighted by Crippen LogP contribution is -2.40. The fourth-order valence-corrected chi connectivity index (χ4v) is 5.96. The molecule has 188 valence electrons. The van der Waals surface area contributed by atoms with Crippen LogP contribution >= 0.6 is 27.3 Å². The highest BCUT2D eigenvalue weighted by Gasteiger charge is 2.35. The van der Waals surface area contributed by atoms with E-state index in [1.54, 1.807) is 32.2 Å². The van der Waals surface area contributed by atoms with E-state index in [1.807, 2.05) is 43.3 Å². The molecule has 0 radical (unpaired) electrons. The van der Waals surface area contributed by atoms with Gasteiger partial charge < -0.3 is 19.1 Å². The van der Waals surface area contributed by atoms with Gasteiger partial charge in [0, 0.05) is 30.2 Å². The Morgan fingerprint density at radius 3 is 2.50 bits per heavy atom. The van der Waals surface area contributed by atoms with E-state index in [4.69, 9.17) is 14.2 Å². The number of benzene rings is 2. The summed E-state index contributed by atoms with van der Waals surface area (Å²) >= 11 is 4.87. The summed E-state index contributed by atoms with van der Waals surface area (Å²) in [5.41, 5.74) is 3.01. The minimum Gasteiger partial charge on any atom is -0.497 e. The molecule has 0 saturated carbocycles. The summed E-state index contributed by atoms with van der Waals surface area (Å²) in [7, 11) is 8.33. The highest BCUT2D eigenvalue weighted by molar-refractivity contribution is 9.10. The van der Waals surface area contributed by atoms with E-state index in [1.165, 1.54) is 30.1 Å². The van der Waals surface area contributed by atoms with Crippen LogP contribution in [-0.4, -0.2) is 46.0 Å². The molecule has 1 aliphatic heterocycles. The maximum Gasteiger partial charge on any atom is 0.338 e. The number of methoxy groups -OCH3 is 3. The number of thiazole rings is 1. The number of esters is 1. The summed E-state index contributed by atoms with van der Waals surface area (Å²) in [6, 6.07) is 10.4. The molecule has 0 unspecified atom stereocenters. The number of hydrogen-bond acceptors (Lipinski definition) is 8. The normalized spacial score (nSPS) is 15.3. The third kappa shape index (κ3) is 4.58. The molecule has 0 bridgehead atoms. The van der Waals surface area contributed by atoms with Gasteiger partial charge in [0.2, 0.25) is 0 Å². The quantitative estimate of drug-likeness (QED) is 0.422. The first-order valence-corrected chi connectivity index (χ1v) is 12.6.